The van der Waals surface area contributed by atoms with Crippen molar-refractivity contribution in [1.82, 2.24) is 4.90 Å². The van der Waals surface area contributed by atoms with Gasteiger partial charge < -0.3 is 9.47 Å². The molecule has 2 fully saturated rings. The predicted molar refractivity (Wildman–Crippen MR) is 63.2 cm³/mol. The van der Waals surface area contributed by atoms with Crippen LogP contribution in [0.4, 0.5) is 0 Å². The van der Waals surface area contributed by atoms with Crippen LogP contribution in [0.1, 0.15) is 12.8 Å². The molecule has 94 valence electrons. The fourth-order valence-electron chi connectivity index (χ4n) is 1.71. The van der Waals surface area contributed by atoms with Gasteiger partial charge in [0.1, 0.15) is 5.76 Å². The number of nitrogens with zero attached hydrogens (tertiary/aromatic N) is 1. The summed E-state index contributed by atoms with van der Waals surface area (Å²) in [5.41, 5.74) is 0. The average molecular weight is 257 g/mol. The number of carbonyl (C=O) groups excluding carboxylic acids is 2. The molecule has 6 heteroatoms. The summed E-state index contributed by atoms with van der Waals surface area (Å²) < 4.78 is 10.1. The molecule has 0 saturated carbocycles. The first-order valence-electron chi connectivity index (χ1n) is 5.50. The molecular formula is C11H15NO4S. The molecule has 2 aliphatic heterocycles. The quantitative estimate of drug-likeness (QED) is 0.413. The summed E-state index contributed by atoms with van der Waals surface area (Å²) in [5.74, 6) is 2.38. The number of hydrogen-bond acceptors (Lipinski definition) is 5. The first-order valence-corrected chi connectivity index (χ1v) is 6.66. The minimum absolute atomic E-state index is 0.0196. The molecule has 0 aromatic heterocycles. The van der Waals surface area contributed by atoms with E-state index in [4.69, 9.17) is 4.74 Å². The summed E-state index contributed by atoms with van der Waals surface area (Å²) in [4.78, 5) is 23.7. The second-order valence-corrected chi connectivity index (χ2v) is 5.02. The van der Waals surface area contributed by atoms with Crippen LogP contribution in [0, 0.1) is 0 Å². The highest BCUT2D eigenvalue weighted by Gasteiger charge is 2.43. The molecule has 0 radical (unpaired) electrons. The molecule has 5 nitrogen and oxygen atoms in total. The molecule has 2 heterocycles. The Kier molecular flexibility index (Phi) is 3.93. The molecule has 2 aliphatic rings. The van der Waals surface area contributed by atoms with Crippen LogP contribution in [-0.4, -0.2) is 48.2 Å². The Morgan fingerprint density at radius 1 is 1.71 bits per heavy atom. The number of thioether (sulfide) groups is 1. The standard InChI is InChI=1S/C11H15NO4S/c1-15-11(14)3-5-17-4-2-8-7-12-9(13)6-10(12)16-8/h2,10H,3-7H2,1H3/b8-2+/t10-/m1/s1. The van der Waals surface area contributed by atoms with Gasteiger partial charge in [0.15, 0.2) is 6.23 Å². The van der Waals surface area contributed by atoms with Gasteiger partial charge in [-0.3, -0.25) is 14.5 Å². The van der Waals surface area contributed by atoms with Crippen molar-refractivity contribution >= 4 is 23.6 Å². The Morgan fingerprint density at radius 3 is 3.18 bits per heavy atom. The van der Waals surface area contributed by atoms with Gasteiger partial charge >= 0.3 is 5.97 Å². The van der Waals surface area contributed by atoms with Crippen LogP contribution >= 0.6 is 11.8 Å². The minimum atomic E-state index is -0.183. The van der Waals surface area contributed by atoms with Crippen molar-refractivity contribution in [1.29, 1.82) is 0 Å². The van der Waals surface area contributed by atoms with Gasteiger partial charge in [0.05, 0.1) is 26.5 Å². The third-order valence-electron chi connectivity index (χ3n) is 2.74. The first kappa shape index (κ1) is 12.3. The maximum atomic E-state index is 11.1. The molecule has 1 atom stereocenters. The van der Waals surface area contributed by atoms with Crippen LogP contribution in [0.15, 0.2) is 11.8 Å². The van der Waals surface area contributed by atoms with Gasteiger partial charge in [0.2, 0.25) is 5.91 Å². The molecule has 0 aliphatic carbocycles. The highest BCUT2D eigenvalue weighted by Crippen LogP contribution is 2.30. The van der Waals surface area contributed by atoms with Gasteiger partial charge in [-0.1, -0.05) is 0 Å². The number of fused-ring (bicyclic) bond motifs is 1. The third kappa shape index (κ3) is 2.94. The Labute approximate surface area is 104 Å². The van der Waals surface area contributed by atoms with E-state index in [1.165, 1.54) is 7.11 Å². The van der Waals surface area contributed by atoms with E-state index in [2.05, 4.69) is 4.74 Å². The molecule has 2 rings (SSSR count). The van der Waals surface area contributed by atoms with Gasteiger partial charge in [-0.15, -0.1) is 0 Å². The van der Waals surface area contributed by atoms with Crippen molar-refractivity contribution < 1.29 is 19.1 Å². The number of methoxy groups -OCH3 is 1. The lowest BCUT2D eigenvalue weighted by Gasteiger charge is -2.30. The van der Waals surface area contributed by atoms with Crippen LogP contribution in [-0.2, 0) is 19.1 Å². The fraction of sp³-hybridized carbons (Fsp3) is 0.636. The van der Waals surface area contributed by atoms with Crippen molar-refractivity contribution in [3.05, 3.63) is 11.8 Å². The largest absolute Gasteiger partial charge is 0.473 e. The predicted octanol–water partition coefficient (Wildman–Crippen LogP) is 0.755. The molecular weight excluding hydrogens is 242 g/mol. The highest BCUT2D eigenvalue weighted by atomic mass is 32.2. The van der Waals surface area contributed by atoms with E-state index in [0.717, 1.165) is 17.3 Å². The summed E-state index contributed by atoms with van der Waals surface area (Å²) >= 11 is 1.65. The minimum Gasteiger partial charge on any atom is -0.473 e. The van der Waals surface area contributed by atoms with Crippen molar-refractivity contribution in [3.8, 4) is 0 Å². The lowest BCUT2D eigenvalue weighted by Crippen LogP contribution is -2.48. The summed E-state index contributed by atoms with van der Waals surface area (Å²) in [6, 6.07) is 0. The summed E-state index contributed by atoms with van der Waals surface area (Å²) in [6.07, 6.45) is 2.90. The molecule has 0 aromatic rings. The van der Waals surface area contributed by atoms with Gasteiger partial charge in [-0.2, -0.15) is 11.8 Å². The topological polar surface area (TPSA) is 55.8 Å². The van der Waals surface area contributed by atoms with E-state index in [9.17, 15) is 9.59 Å². The van der Waals surface area contributed by atoms with Crippen molar-refractivity contribution in [2.24, 2.45) is 0 Å². The Bertz CT molecular complexity index is 355. The van der Waals surface area contributed by atoms with E-state index in [1.807, 2.05) is 6.08 Å². The molecule has 0 unspecified atom stereocenters. The van der Waals surface area contributed by atoms with E-state index in [1.54, 1.807) is 16.7 Å². The maximum absolute atomic E-state index is 11.1. The fourth-order valence-corrected chi connectivity index (χ4v) is 2.49. The molecule has 0 spiro atoms. The van der Waals surface area contributed by atoms with Crippen molar-refractivity contribution in [2.45, 2.75) is 19.1 Å². The van der Waals surface area contributed by atoms with Crippen molar-refractivity contribution in [2.75, 3.05) is 25.2 Å². The third-order valence-corrected chi connectivity index (χ3v) is 3.63. The van der Waals surface area contributed by atoms with Crippen LogP contribution in [0.3, 0.4) is 0 Å². The average Bonchev–Trinajstić information content (AvgIpc) is 2.65. The Hall–Kier alpha value is -1.17. The zero-order chi connectivity index (χ0) is 12.3. The number of rotatable bonds is 5. The number of β-lactam (4-membered cyclic amide) rings is 1. The normalized spacial score (nSPS) is 24.3. The van der Waals surface area contributed by atoms with Gasteiger partial charge in [-0.25, -0.2) is 0 Å². The SMILES string of the molecule is COC(=O)CCSC/C=C1\CN2C(=O)C[C@H]2O1. The van der Waals surface area contributed by atoms with Gasteiger partial charge in [-0.05, 0) is 6.08 Å². The second-order valence-electron chi connectivity index (χ2n) is 3.87. The molecule has 0 aromatic carbocycles. The Morgan fingerprint density at radius 2 is 2.53 bits per heavy atom. The number of amides is 1. The summed E-state index contributed by atoms with van der Waals surface area (Å²) in [5, 5.41) is 0. The van der Waals surface area contributed by atoms with Crippen LogP contribution in [0.2, 0.25) is 0 Å². The zero-order valence-electron chi connectivity index (χ0n) is 9.68. The van der Waals surface area contributed by atoms with Crippen LogP contribution in [0.5, 0.6) is 0 Å². The number of ether oxygens (including phenoxy) is 2. The summed E-state index contributed by atoms with van der Waals surface area (Å²) in [6.45, 7) is 0.598. The second kappa shape index (κ2) is 5.44. The van der Waals surface area contributed by atoms with Crippen LogP contribution in [0.25, 0.3) is 0 Å². The number of carbonyl (C=O) groups is 2. The smallest absolute Gasteiger partial charge is 0.306 e. The van der Waals surface area contributed by atoms with Gasteiger partial charge in [0.25, 0.3) is 0 Å². The first-order chi connectivity index (χ1) is 8.20. The van der Waals surface area contributed by atoms with E-state index < -0.39 is 0 Å². The summed E-state index contributed by atoms with van der Waals surface area (Å²) in [7, 11) is 1.39. The van der Waals surface area contributed by atoms with Crippen LogP contribution < -0.4 is 0 Å². The molecule has 17 heavy (non-hydrogen) atoms. The lowest BCUT2D eigenvalue weighted by molar-refractivity contribution is -0.154. The zero-order valence-corrected chi connectivity index (χ0v) is 10.5. The molecule has 0 N–H and O–H groups in total. The maximum Gasteiger partial charge on any atom is 0.306 e. The van der Waals surface area contributed by atoms with E-state index >= 15 is 0 Å². The van der Waals surface area contributed by atoms with E-state index in [-0.39, 0.29) is 18.1 Å². The van der Waals surface area contributed by atoms with Crippen molar-refractivity contribution in [3.63, 3.8) is 0 Å². The number of hydrogen-bond donors (Lipinski definition) is 0. The monoisotopic (exact) mass is 257 g/mol. The molecule has 0 bridgehead atoms. The number of esters is 1. The Balaban J connectivity index is 1.62. The molecule has 1 amide bonds. The highest BCUT2D eigenvalue weighted by molar-refractivity contribution is 7.99. The van der Waals surface area contributed by atoms with E-state index in [0.29, 0.717) is 19.4 Å². The van der Waals surface area contributed by atoms with Gasteiger partial charge in [0, 0.05) is 11.5 Å². The lowest BCUT2D eigenvalue weighted by atomic mass is 10.2. The molecule has 2 saturated heterocycles.